The fourth-order valence-electron chi connectivity index (χ4n) is 2.78. The standard InChI is InChI=1S/C16H21N5O/c1-20(13-8-5-10-17-11-9-13)16(22)15-12-18-21(19-15)14-6-3-2-4-7-14/h2-4,6-7,12-13,17H,5,8-11H2,1H3. The highest BCUT2D eigenvalue weighted by atomic mass is 16.2. The summed E-state index contributed by atoms with van der Waals surface area (Å²) in [6.45, 7) is 1.99. The van der Waals surface area contributed by atoms with Crippen molar-refractivity contribution in [2.75, 3.05) is 20.1 Å². The minimum absolute atomic E-state index is 0.0610. The van der Waals surface area contributed by atoms with Crippen molar-refractivity contribution in [3.63, 3.8) is 0 Å². The average Bonchev–Trinajstić information content (AvgIpc) is 2.90. The fraction of sp³-hybridized carbons (Fsp3) is 0.438. The molecule has 1 aromatic heterocycles. The van der Waals surface area contributed by atoms with Crippen LogP contribution in [0.4, 0.5) is 0 Å². The van der Waals surface area contributed by atoms with E-state index in [1.807, 2.05) is 42.3 Å². The number of aromatic nitrogens is 3. The molecule has 0 aliphatic carbocycles. The zero-order valence-electron chi connectivity index (χ0n) is 12.8. The Morgan fingerprint density at radius 2 is 2.09 bits per heavy atom. The fourth-order valence-corrected chi connectivity index (χ4v) is 2.78. The Morgan fingerprint density at radius 3 is 2.91 bits per heavy atom. The minimum atomic E-state index is -0.0610. The van der Waals surface area contributed by atoms with Gasteiger partial charge >= 0.3 is 0 Å². The normalized spacial score (nSPS) is 18.7. The molecule has 116 valence electrons. The van der Waals surface area contributed by atoms with E-state index >= 15 is 0 Å². The van der Waals surface area contributed by atoms with Gasteiger partial charge < -0.3 is 10.2 Å². The zero-order chi connectivity index (χ0) is 15.4. The highest BCUT2D eigenvalue weighted by Gasteiger charge is 2.24. The molecule has 1 aromatic carbocycles. The van der Waals surface area contributed by atoms with Crippen LogP contribution < -0.4 is 5.32 Å². The van der Waals surface area contributed by atoms with Gasteiger partial charge in [0.15, 0.2) is 5.69 Å². The zero-order valence-corrected chi connectivity index (χ0v) is 12.8. The van der Waals surface area contributed by atoms with Gasteiger partial charge in [-0.05, 0) is 44.5 Å². The second-order valence-corrected chi connectivity index (χ2v) is 5.61. The summed E-state index contributed by atoms with van der Waals surface area (Å²) < 4.78 is 0. The summed E-state index contributed by atoms with van der Waals surface area (Å²) in [5, 5.41) is 11.9. The predicted octanol–water partition coefficient (Wildman–Crippen LogP) is 1.48. The van der Waals surface area contributed by atoms with Crippen molar-refractivity contribution >= 4 is 5.91 Å². The van der Waals surface area contributed by atoms with Crippen molar-refractivity contribution in [2.45, 2.75) is 25.3 Å². The number of nitrogens with one attached hydrogen (secondary N) is 1. The molecule has 0 radical (unpaired) electrons. The highest BCUT2D eigenvalue weighted by Crippen LogP contribution is 2.14. The molecule has 1 N–H and O–H groups in total. The largest absolute Gasteiger partial charge is 0.337 e. The van der Waals surface area contributed by atoms with Gasteiger partial charge in [0.1, 0.15) is 0 Å². The molecule has 2 aromatic rings. The highest BCUT2D eigenvalue weighted by molar-refractivity contribution is 5.92. The van der Waals surface area contributed by atoms with Crippen LogP contribution >= 0.6 is 0 Å². The Bertz CT molecular complexity index is 616. The minimum Gasteiger partial charge on any atom is -0.337 e. The lowest BCUT2D eigenvalue weighted by Gasteiger charge is -2.26. The number of para-hydroxylation sites is 1. The summed E-state index contributed by atoms with van der Waals surface area (Å²) in [6.07, 6.45) is 4.65. The van der Waals surface area contributed by atoms with Crippen LogP contribution in [0.15, 0.2) is 36.5 Å². The average molecular weight is 299 g/mol. The van der Waals surface area contributed by atoms with Crippen molar-refractivity contribution in [1.29, 1.82) is 0 Å². The number of amides is 1. The summed E-state index contributed by atoms with van der Waals surface area (Å²) in [5.74, 6) is -0.0610. The summed E-state index contributed by atoms with van der Waals surface area (Å²) in [6, 6.07) is 9.87. The number of hydrogen-bond acceptors (Lipinski definition) is 4. The first-order valence-electron chi connectivity index (χ1n) is 7.71. The molecule has 3 rings (SSSR count). The molecule has 0 saturated carbocycles. The van der Waals surface area contributed by atoms with E-state index in [0.29, 0.717) is 5.69 Å². The van der Waals surface area contributed by atoms with Crippen LogP contribution in [0.5, 0.6) is 0 Å². The predicted molar refractivity (Wildman–Crippen MR) is 84.0 cm³/mol. The van der Waals surface area contributed by atoms with E-state index in [2.05, 4.69) is 15.5 Å². The maximum atomic E-state index is 12.6. The van der Waals surface area contributed by atoms with Crippen LogP contribution in [0.25, 0.3) is 5.69 Å². The van der Waals surface area contributed by atoms with Gasteiger partial charge in [-0.1, -0.05) is 18.2 Å². The molecule has 1 fully saturated rings. The van der Waals surface area contributed by atoms with Gasteiger partial charge in [0.05, 0.1) is 11.9 Å². The van der Waals surface area contributed by atoms with E-state index in [1.165, 1.54) is 4.80 Å². The quantitative estimate of drug-likeness (QED) is 0.932. The Morgan fingerprint density at radius 1 is 1.27 bits per heavy atom. The van der Waals surface area contributed by atoms with Crippen molar-refractivity contribution in [1.82, 2.24) is 25.2 Å². The second-order valence-electron chi connectivity index (χ2n) is 5.61. The van der Waals surface area contributed by atoms with E-state index in [9.17, 15) is 4.79 Å². The SMILES string of the molecule is CN(C(=O)c1cnn(-c2ccccc2)n1)C1CCCNCC1. The van der Waals surface area contributed by atoms with Crippen molar-refractivity contribution in [3.05, 3.63) is 42.2 Å². The number of carbonyl (C=O) groups is 1. The summed E-state index contributed by atoms with van der Waals surface area (Å²) in [7, 11) is 1.86. The monoisotopic (exact) mass is 299 g/mol. The van der Waals surface area contributed by atoms with Crippen molar-refractivity contribution < 1.29 is 4.79 Å². The van der Waals surface area contributed by atoms with Gasteiger partial charge in [0, 0.05) is 13.1 Å². The maximum absolute atomic E-state index is 12.6. The smallest absolute Gasteiger partial charge is 0.276 e. The molecule has 1 atom stereocenters. The van der Waals surface area contributed by atoms with Gasteiger partial charge in [-0.15, -0.1) is 5.10 Å². The van der Waals surface area contributed by atoms with Crippen LogP contribution in [0, 0.1) is 0 Å². The molecule has 1 aliphatic rings. The third kappa shape index (κ3) is 3.17. The van der Waals surface area contributed by atoms with E-state index < -0.39 is 0 Å². The van der Waals surface area contributed by atoms with E-state index in [-0.39, 0.29) is 11.9 Å². The molecule has 22 heavy (non-hydrogen) atoms. The number of nitrogens with zero attached hydrogens (tertiary/aromatic N) is 4. The maximum Gasteiger partial charge on any atom is 0.276 e. The number of rotatable bonds is 3. The van der Waals surface area contributed by atoms with Gasteiger partial charge in [0.2, 0.25) is 0 Å². The Balaban J connectivity index is 1.73. The third-order valence-corrected chi connectivity index (χ3v) is 4.11. The first kappa shape index (κ1) is 14.7. The van der Waals surface area contributed by atoms with E-state index in [1.54, 1.807) is 6.20 Å². The van der Waals surface area contributed by atoms with Crippen LogP contribution in [0.3, 0.4) is 0 Å². The second kappa shape index (κ2) is 6.70. The van der Waals surface area contributed by atoms with Gasteiger partial charge in [-0.3, -0.25) is 4.79 Å². The molecule has 2 heterocycles. The summed E-state index contributed by atoms with van der Waals surface area (Å²) in [5.41, 5.74) is 1.24. The molecule has 6 heteroatoms. The molecule has 0 bridgehead atoms. The lowest BCUT2D eigenvalue weighted by Crippen LogP contribution is -2.37. The molecule has 6 nitrogen and oxygen atoms in total. The van der Waals surface area contributed by atoms with Crippen LogP contribution in [0.2, 0.25) is 0 Å². The molecule has 1 unspecified atom stereocenters. The van der Waals surface area contributed by atoms with Gasteiger partial charge in [-0.25, -0.2) is 0 Å². The molecular weight excluding hydrogens is 278 g/mol. The number of carbonyl (C=O) groups excluding carboxylic acids is 1. The van der Waals surface area contributed by atoms with E-state index in [0.717, 1.165) is 38.0 Å². The molecule has 1 amide bonds. The first-order chi connectivity index (χ1) is 10.8. The lowest BCUT2D eigenvalue weighted by atomic mass is 10.1. The topological polar surface area (TPSA) is 63.1 Å². The Labute approximate surface area is 130 Å². The lowest BCUT2D eigenvalue weighted by molar-refractivity contribution is 0.0714. The Hall–Kier alpha value is -2.21. The number of hydrogen-bond donors (Lipinski definition) is 1. The van der Waals surface area contributed by atoms with Crippen molar-refractivity contribution in [2.24, 2.45) is 0 Å². The summed E-state index contributed by atoms with van der Waals surface area (Å²) >= 11 is 0. The van der Waals surface area contributed by atoms with Crippen LogP contribution in [-0.4, -0.2) is 52.0 Å². The molecule has 1 aliphatic heterocycles. The van der Waals surface area contributed by atoms with Crippen molar-refractivity contribution in [3.8, 4) is 5.69 Å². The first-order valence-corrected chi connectivity index (χ1v) is 7.71. The molecular formula is C16H21N5O. The van der Waals surface area contributed by atoms with Gasteiger partial charge in [0.25, 0.3) is 5.91 Å². The molecule has 1 saturated heterocycles. The number of benzene rings is 1. The van der Waals surface area contributed by atoms with Gasteiger partial charge in [-0.2, -0.15) is 9.90 Å². The van der Waals surface area contributed by atoms with Crippen LogP contribution in [-0.2, 0) is 0 Å². The summed E-state index contributed by atoms with van der Waals surface area (Å²) in [4.78, 5) is 15.9. The molecule has 0 spiro atoms. The third-order valence-electron chi connectivity index (χ3n) is 4.11. The van der Waals surface area contributed by atoms with E-state index in [4.69, 9.17) is 0 Å². The van der Waals surface area contributed by atoms with Crippen LogP contribution in [0.1, 0.15) is 29.8 Å². The Kier molecular flexibility index (Phi) is 4.48.